The van der Waals surface area contributed by atoms with Gasteiger partial charge in [0, 0.05) is 35.1 Å². The van der Waals surface area contributed by atoms with Gasteiger partial charge in [0.15, 0.2) is 0 Å². The number of benzene rings is 2. The van der Waals surface area contributed by atoms with Gasteiger partial charge < -0.3 is 29.1 Å². The summed E-state index contributed by atoms with van der Waals surface area (Å²) in [5.41, 5.74) is 2.44. The second-order valence-electron chi connectivity index (χ2n) is 6.94. The normalized spacial score (nSPS) is 11.5. The number of carbonyl (C=O) groups excluding carboxylic acids is 1. The summed E-state index contributed by atoms with van der Waals surface area (Å²) in [6.07, 6.45) is 5.61. The third-order valence-electron chi connectivity index (χ3n) is 4.63. The van der Waals surface area contributed by atoms with Crippen molar-refractivity contribution < 1.29 is 14.6 Å². The highest BCUT2D eigenvalue weighted by Gasteiger charge is 2.16. The molecule has 0 aliphatic carbocycles. The number of amides is 1. The summed E-state index contributed by atoms with van der Waals surface area (Å²) in [6.45, 7) is 4.75. The molecule has 172 valence electrons. The quantitative estimate of drug-likeness (QED) is 0.388. The number of fused-ring (bicyclic) bond motifs is 1. The van der Waals surface area contributed by atoms with E-state index in [9.17, 15) is 9.90 Å². The van der Waals surface area contributed by atoms with E-state index in [0.717, 1.165) is 21.5 Å². The van der Waals surface area contributed by atoms with E-state index >= 15 is 0 Å². The molecule has 33 heavy (non-hydrogen) atoms. The van der Waals surface area contributed by atoms with E-state index in [0.29, 0.717) is 23.2 Å². The fourth-order valence-electron chi connectivity index (χ4n) is 2.96. The zero-order valence-electron chi connectivity index (χ0n) is 17.8. The highest BCUT2D eigenvalue weighted by molar-refractivity contribution is 6.35. The van der Waals surface area contributed by atoms with Crippen LogP contribution in [0, 0.1) is 0 Å². The molecular formula is C23H22Cl2N5O3-. The molecule has 8 nitrogen and oxygen atoms in total. The molecule has 4 rings (SSSR count). The minimum atomic E-state index is -1.29. The molecule has 0 aliphatic rings. The van der Waals surface area contributed by atoms with Gasteiger partial charge in [-0.25, -0.2) is 9.97 Å². The standard InChI is InChI=1S/C14H14Cl2N2O.C9H9N3O2/c1-2-7-19-14(9-18-6-5-17-10-18)12-4-3-11(15)8-13(12)16;1-12(9(13)14)8-10-6-4-2-3-5-7(6)11-8/h2-6,8,10,14H,1,7,9H2;2-5H,1H3,(H,10,11)(H,13,14)/p-1. The fourth-order valence-corrected chi connectivity index (χ4v) is 3.49. The van der Waals surface area contributed by atoms with Crippen molar-refractivity contribution in [3.8, 4) is 0 Å². The van der Waals surface area contributed by atoms with Crippen molar-refractivity contribution >= 4 is 46.3 Å². The van der Waals surface area contributed by atoms with Crippen LogP contribution in [-0.2, 0) is 11.3 Å². The summed E-state index contributed by atoms with van der Waals surface area (Å²) in [4.78, 5) is 22.4. The van der Waals surface area contributed by atoms with Crippen molar-refractivity contribution in [3.05, 3.63) is 89.4 Å². The zero-order chi connectivity index (χ0) is 23.8. The number of imidazole rings is 2. The van der Waals surface area contributed by atoms with Gasteiger partial charge in [-0.1, -0.05) is 47.5 Å². The van der Waals surface area contributed by atoms with Crippen LogP contribution >= 0.6 is 23.2 Å². The first-order valence-corrected chi connectivity index (χ1v) is 10.7. The lowest BCUT2D eigenvalue weighted by molar-refractivity contribution is -0.246. The topological polar surface area (TPSA) is 99.1 Å². The van der Waals surface area contributed by atoms with Gasteiger partial charge in [0.25, 0.3) is 0 Å². The van der Waals surface area contributed by atoms with Crippen molar-refractivity contribution in [1.29, 1.82) is 0 Å². The number of nitrogens with zero attached hydrogens (tertiary/aromatic N) is 4. The highest BCUT2D eigenvalue weighted by Crippen LogP contribution is 2.29. The lowest BCUT2D eigenvalue weighted by atomic mass is 10.1. The molecule has 2 heterocycles. The number of aromatic amines is 1. The number of para-hydroxylation sites is 2. The van der Waals surface area contributed by atoms with Crippen molar-refractivity contribution in [2.75, 3.05) is 18.6 Å². The Labute approximate surface area is 201 Å². The Kier molecular flexibility index (Phi) is 8.48. The van der Waals surface area contributed by atoms with E-state index in [1.54, 1.807) is 36.8 Å². The lowest BCUT2D eigenvalue weighted by Crippen LogP contribution is -2.38. The third kappa shape index (κ3) is 6.58. The predicted molar refractivity (Wildman–Crippen MR) is 127 cm³/mol. The van der Waals surface area contributed by atoms with Crippen LogP contribution in [0.3, 0.4) is 0 Å². The summed E-state index contributed by atoms with van der Waals surface area (Å²) in [6, 6.07) is 12.7. The average Bonchev–Trinajstić information content (AvgIpc) is 3.46. The SMILES string of the molecule is C=CCOC(Cn1ccnc1)c1ccc(Cl)cc1Cl.CN(C(=O)[O-])c1nc2ccccc2[nH]1. The second kappa shape index (κ2) is 11.5. The molecule has 0 saturated carbocycles. The molecule has 1 unspecified atom stereocenters. The highest BCUT2D eigenvalue weighted by atomic mass is 35.5. The number of carbonyl (C=O) groups is 1. The lowest BCUT2D eigenvalue weighted by Gasteiger charge is -2.19. The Bertz CT molecular complexity index is 1180. The number of nitrogens with one attached hydrogen (secondary N) is 1. The molecule has 0 aliphatic heterocycles. The first-order chi connectivity index (χ1) is 15.9. The fraction of sp³-hybridized carbons (Fsp3) is 0.174. The molecule has 0 radical (unpaired) electrons. The van der Waals surface area contributed by atoms with Crippen LogP contribution in [0.1, 0.15) is 11.7 Å². The minimum absolute atomic E-state index is 0.169. The predicted octanol–water partition coefficient (Wildman–Crippen LogP) is 4.48. The molecule has 0 spiro atoms. The van der Waals surface area contributed by atoms with Gasteiger partial charge in [0.05, 0.1) is 30.5 Å². The van der Waals surface area contributed by atoms with Gasteiger partial charge >= 0.3 is 0 Å². The third-order valence-corrected chi connectivity index (χ3v) is 5.19. The van der Waals surface area contributed by atoms with E-state index in [-0.39, 0.29) is 12.1 Å². The zero-order valence-corrected chi connectivity index (χ0v) is 19.3. The van der Waals surface area contributed by atoms with Crippen LogP contribution in [-0.4, -0.2) is 39.3 Å². The number of hydrogen-bond donors (Lipinski definition) is 1. The maximum atomic E-state index is 10.5. The van der Waals surface area contributed by atoms with Gasteiger partial charge in [0.1, 0.15) is 12.2 Å². The Hall–Kier alpha value is -3.33. The summed E-state index contributed by atoms with van der Waals surface area (Å²) in [5.74, 6) is 0.270. The number of hydrogen-bond acceptors (Lipinski definition) is 5. The van der Waals surface area contributed by atoms with Crippen LogP contribution in [0.15, 0.2) is 73.8 Å². The van der Waals surface area contributed by atoms with Crippen molar-refractivity contribution in [1.82, 2.24) is 19.5 Å². The number of ether oxygens (including phenoxy) is 1. The van der Waals surface area contributed by atoms with Crippen LogP contribution in [0.5, 0.6) is 0 Å². The maximum absolute atomic E-state index is 10.5. The molecule has 1 amide bonds. The maximum Gasteiger partial charge on any atom is 0.209 e. The summed E-state index contributed by atoms with van der Waals surface area (Å²) >= 11 is 12.1. The van der Waals surface area contributed by atoms with Gasteiger partial charge in [-0.3, -0.25) is 0 Å². The van der Waals surface area contributed by atoms with Gasteiger partial charge in [0.2, 0.25) is 5.95 Å². The van der Waals surface area contributed by atoms with E-state index in [1.807, 2.05) is 35.0 Å². The molecule has 2 aromatic heterocycles. The molecule has 0 bridgehead atoms. The first-order valence-electron chi connectivity index (χ1n) is 9.91. The second-order valence-corrected chi connectivity index (χ2v) is 7.78. The average molecular weight is 487 g/mol. The van der Waals surface area contributed by atoms with E-state index in [2.05, 4.69) is 21.5 Å². The number of anilines is 1. The molecule has 4 aromatic rings. The van der Waals surface area contributed by atoms with E-state index < -0.39 is 6.09 Å². The monoisotopic (exact) mass is 486 g/mol. The van der Waals surface area contributed by atoms with Crippen molar-refractivity contribution in [2.45, 2.75) is 12.6 Å². The number of carboxylic acid groups (broad SMARTS) is 1. The van der Waals surface area contributed by atoms with Gasteiger partial charge in [-0.05, 0) is 24.3 Å². The minimum Gasteiger partial charge on any atom is -0.530 e. The van der Waals surface area contributed by atoms with Gasteiger partial charge in [-0.2, -0.15) is 0 Å². The molecule has 10 heteroatoms. The van der Waals surface area contributed by atoms with Crippen LogP contribution in [0.4, 0.5) is 10.7 Å². The van der Waals surface area contributed by atoms with Crippen LogP contribution < -0.4 is 10.0 Å². The molecule has 1 atom stereocenters. The molecule has 0 saturated heterocycles. The smallest absolute Gasteiger partial charge is 0.209 e. The Balaban J connectivity index is 0.000000194. The number of H-pyrrole nitrogens is 1. The molecular weight excluding hydrogens is 465 g/mol. The Morgan fingerprint density at radius 1 is 1.33 bits per heavy atom. The number of aromatic nitrogens is 4. The Morgan fingerprint density at radius 3 is 2.76 bits per heavy atom. The number of rotatable bonds is 7. The number of halogens is 2. The van der Waals surface area contributed by atoms with E-state index in [1.165, 1.54) is 7.05 Å². The summed E-state index contributed by atoms with van der Waals surface area (Å²) < 4.78 is 7.72. The van der Waals surface area contributed by atoms with Crippen molar-refractivity contribution in [3.63, 3.8) is 0 Å². The van der Waals surface area contributed by atoms with Crippen LogP contribution in [0.2, 0.25) is 10.0 Å². The summed E-state index contributed by atoms with van der Waals surface area (Å²) in [7, 11) is 1.38. The molecule has 0 fully saturated rings. The molecule has 1 N–H and O–H groups in total. The largest absolute Gasteiger partial charge is 0.530 e. The van der Waals surface area contributed by atoms with Crippen LogP contribution in [0.25, 0.3) is 11.0 Å². The van der Waals surface area contributed by atoms with E-state index in [4.69, 9.17) is 27.9 Å². The van der Waals surface area contributed by atoms with Gasteiger partial charge in [-0.15, -0.1) is 6.58 Å². The van der Waals surface area contributed by atoms with Crippen molar-refractivity contribution in [2.24, 2.45) is 0 Å². The summed E-state index contributed by atoms with van der Waals surface area (Å²) in [5, 5.41) is 11.7. The first kappa shape index (κ1) is 24.3. The Morgan fingerprint density at radius 2 is 2.12 bits per heavy atom. The molecule has 2 aromatic carbocycles.